The summed E-state index contributed by atoms with van der Waals surface area (Å²) in [5, 5.41) is 9.82. The number of benzene rings is 1. The third kappa shape index (κ3) is 1.76. The minimum Gasteiger partial charge on any atom is -0.293 e. The summed E-state index contributed by atoms with van der Waals surface area (Å²) in [6.45, 7) is 7.36. The summed E-state index contributed by atoms with van der Waals surface area (Å²) in [4.78, 5) is 13.7. The van der Waals surface area contributed by atoms with E-state index in [0.717, 1.165) is 16.8 Å². The molecule has 19 heavy (non-hydrogen) atoms. The highest BCUT2D eigenvalue weighted by Crippen LogP contribution is 2.43. The van der Waals surface area contributed by atoms with Crippen LogP contribution in [0.25, 0.3) is 6.08 Å². The highest BCUT2D eigenvalue weighted by Gasteiger charge is 2.47. The minimum atomic E-state index is -0.915. The van der Waals surface area contributed by atoms with E-state index in [1.807, 2.05) is 51.1 Å². The van der Waals surface area contributed by atoms with Crippen molar-refractivity contribution in [2.24, 2.45) is 5.92 Å². The van der Waals surface area contributed by atoms with Gasteiger partial charge < -0.3 is 0 Å². The molecule has 0 bridgehead atoms. The van der Waals surface area contributed by atoms with Crippen LogP contribution in [0.1, 0.15) is 38.8 Å². The van der Waals surface area contributed by atoms with Crippen LogP contribution in [0, 0.1) is 17.2 Å². The molecular formula is C16H18N2O. The maximum absolute atomic E-state index is 12.0. The lowest BCUT2D eigenvalue weighted by atomic mass is 9.75. The second kappa shape index (κ2) is 4.55. The van der Waals surface area contributed by atoms with Gasteiger partial charge >= 0.3 is 0 Å². The van der Waals surface area contributed by atoms with E-state index in [0.29, 0.717) is 0 Å². The number of hydrogen-bond donors (Lipinski definition) is 0. The van der Waals surface area contributed by atoms with Gasteiger partial charge in [0.15, 0.2) is 5.54 Å². The van der Waals surface area contributed by atoms with Crippen molar-refractivity contribution in [3.05, 3.63) is 41.1 Å². The topological polar surface area (TPSA) is 44.1 Å². The monoisotopic (exact) mass is 254 g/mol. The minimum absolute atomic E-state index is 0.00574. The Labute approximate surface area is 114 Å². The Bertz CT molecular complexity index is 595. The first kappa shape index (κ1) is 13.4. The van der Waals surface area contributed by atoms with Crippen LogP contribution in [0.15, 0.2) is 30.0 Å². The van der Waals surface area contributed by atoms with Gasteiger partial charge in [-0.25, -0.2) is 0 Å². The van der Waals surface area contributed by atoms with Crippen LogP contribution in [0.2, 0.25) is 0 Å². The van der Waals surface area contributed by atoms with E-state index >= 15 is 0 Å². The van der Waals surface area contributed by atoms with Gasteiger partial charge in [-0.3, -0.25) is 9.69 Å². The summed E-state index contributed by atoms with van der Waals surface area (Å²) in [6.07, 6.45) is 1.97. The van der Waals surface area contributed by atoms with E-state index < -0.39 is 5.54 Å². The molecule has 1 aliphatic rings. The molecule has 0 saturated carbocycles. The number of fused-ring (bicyclic) bond motifs is 1. The molecule has 0 aliphatic carbocycles. The third-order valence-corrected chi connectivity index (χ3v) is 3.76. The van der Waals surface area contributed by atoms with Crippen molar-refractivity contribution in [2.45, 2.75) is 33.2 Å². The number of amides is 1. The summed E-state index contributed by atoms with van der Waals surface area (Å²) in [6, 6.07) is 10.2. The van der Waals surface area contributed by atoms with Gasteiger partial charge in [0, 0.05) is 12.6 Å². The van der Waals surface area contributed by atoms with Gasteiger partial charge in [-0.15, -0.1) is 0 Å². The predicted octanol–water partition coefficient (Wildman–Crippen LogP) is 3.28. The number of carbonyl (C=O) groups excluding carboxylic acids is 1. The average molecular weight is 254 g/mol. The fraction of sp³-hybridized carbons (Fsp3) is 0.375. The van der Waals surface area contributed by atoms with Crippen LogP contribution in [0.4, 0.5) is 0 Å². The number of nitriles is 1. The fourth-order valence-electron chi connectivity index (χ4n) is 2.96. The van der Waals surface area contributed by atoms with Crippen molar-refractivity contribution in [2.75, 3.05) is 0 Å². The maximum Gasteiger partial charge on any atom is 0.225 e. The zero-order chi connectivity index (χ0) is 14.2. The van der Waals surface area contributed by atoms with E-state index in [2.05, 4.69) is 6.07 Å². The zero-order valence-electron chi connectivity index (χ0n) is 11.8. The summed E-state index contributed by atoms with van der Waals surface area (Å²) < 4.78 is 0. The molecule has 1 heterocycles. The van der Waals surface area contributed by atoms with Crippen LogP contribution in [0.3, 0.4) is 0 Å². The van der Waals surface area contributed by atoms with Crippen molar-refractivity contribution < 1.29 is 4.79 Å². The maximum atomic E-state index is 12.0. The first-order valence-electron chi connectivity index (χ1n) is 6.45. The Morgan fingerprint density at radius 2 is 2.00 bits per heavy atom. The van der Waals surface area contributed by atoms with E-state index in [4.69, 9.17) is 0 Å². The molecular weight excluding hydrogens is 236 g/mol. The lowest BCUT2D eigenvalue weighted by Crippen LogP contribution is -2.52. The van der Waals surface area contributed by atoms with Gasteiger partial charge in [0.25, 0.3) is 0 Å². The van der Waals surface area contributed by atoms with Crippen LogP contribution in [-0.2, 0) is 10.3 Å². The molecule has 3 heteroatoms. The molecule has 98 valence electrons. The Morgan fingerprint density at radius 1 is 1.37 bits per heavy atom. The van der Waals surface area contributed by atoms with Crippen molar-refractivity contribution >= 4 is 12.0 Å². The molecule has 0 spiro atoms. The second-order valence-corrected chi connectivity index (χ2v) is 5.26. The standard InChI is InChI=1S/C16H18N2O/c1-11(2)16(10-17)15-8-6-5-7-14(15)9-12(3)18(16)13(4)19/h5-9,11H,1-4H3. The van der Waals surface area contributed by atoms with E-state index in [-0.39, 0.29) is 11.8 Å². The number of nitrogens with zero attached hydrogens (tertiary/aromatic N) is 2. The predicted molar refractivity (Wildman–Crippen MR) is 74.7 cm³/mol. The smallest absolute Gasteiger partial charge is 0.225 e. The summed E-state index contributed by atoms with van der Waals surface area (Å²) in [7, 11) is 0. The zero-order valence-corrected chi connectivity index (χ0v) is 11.8. The van der Waals surface area contributed by atoms with Gasteiger partial charge in [-0.1, -0.05) is 38.1 Å². The molecule has 0 aromatic heterocycles. The van der Waals surface area contributed by atoms with Crippen LogP contribution >= 0.6 is 0 Å². The fourth-order valence-corrected chi connectivity index (χ4v) is 2.96. The normalized spacial score (nSPS) is 21.7. The molecule has 1 aromatic carbocycles. The Kier molecular flexibility index (Phi) is 3.20. The van der Waals surface area contributed by atoms with E-state index in [1.54, 1.807) is 4.90 Å². The lowest BCUT2D eigenvalue weighted by molar-refractivity contribution is -0.132. The first-order chi connectivity index (χ1) is 8.95. The Hall–Kier alpha value is -2.08. The van der Waals surface area contributed by atoms with Gasteiger partial charge in [0.2, 0.25) is 5.91 Å². The molecule has 1 amide bonds. The summed E-state index contributed by atoms with van der Waals surface area (Å²) >= 11 is 0. The molecule has 2 rings (SSSR count). The van der Waals surface area contributed by atoms with Crippen molar-refractivity contribution in [1.29, 1.82) is 5.26 Å². The van der Waals surface area contributed by atoms with Crippen LogP contribution in [-0.4, -0.2) is 10.8 Å². The average Bonchev–Trinajstić information content (AvgIpc) is 2.36. The summed E-state index contributed by atoms with van der Waals surface area (Å²) in [5.74, 6) is -0.0929. The molecule has 0 saturated heterocycles. The number of carbonyl (C=O) groups is 1. The molecule has 0 N–H and O–H groups in total. The molecule has 1 aromatic rings. The second-order valence-electron chi connectivity index (χ2n) is 5.26. The quantitative estimate of drug-likeness (QED) is 0.772. The van der Waals surface area contributed by atoms with Crippen LogP contribution in [0.5, 0.6) is 0 Å². The Balaban J connectivity index is 2.82. The Morgan fingerprint density at radius 3 is 2.53 bits per heavy atom. The van der Waals surface area contributed by atoms with Crippen molar-refractivity contribution in [3.8, 4) is 6.07 Å². The summed E-state index contributed by atoms with van der Waals surface area (Å²) in [5.41, 5.74) is 1.84. The van der Waals surface area contributed by atoms with E-state index in [1.165, 1.54) is 6.92 Å². The molecule has 1 atom stereocenters. The van der Waals surface area contributed by atoms with Crippen molar-refractivity contribution in [1.82, 2.24) is 4.90 Å². The number of allylic oxidation sites excluding steroid dienone is 1. The number of rotatable bonds is 1. The molecule has 0 radical (unpaired) electrons. The molecule has 0 fully saturated rings. The molecule has 3 nitrogen and oxygen atoms in total. The van der Waals surface area contributed by atoms with Crippen molar-refractivity contribution in [3.63, 3.8) is 0 Å². The van der Waals surface area contributed by atoms with E-state index in [9.17, 15) is 10.1 Å². The van der Waals surface area contributed by atoms with Crippen LogP contribution < -0.4 is 0 Å². The lowest BCUT2D eigenvalue weighted by Gasteiger charge is -2.45. The van der Waals surface area contributed by atoms with Gasteiger partial charge in [0.1, 0.15) is 0 Å². The van der Waals surface area contributed by atoms with Gasteiger partial charge in [0.05, 0.1) is 6.07 Å². The third-order valence-electron chi connectivity index (χ3n) is 3.76. The molecule has 1 unspecified atom stereocenters. The molecule has 1 aliphatic heterocycles. The highest BCUT2D eigenvalue weighted by molar-refractivity contribution is 5.81. The highest BCUT2D eigenvalue weighted by atomic mass is 16.2. The van der Waals surface area contributed by atoms with Gasteiger partial charge in [-0.05, 0) is 30.0 Å². The number of hydrogen-bond acceptors (Lipinski definition) is 2. The van der Waals surface area contributed by atoms with Gasteiger partial charge in [-0.2, -0.15) is 5.26 Å². The first-order valence-corrected chi connectivity index (χ1v) is 6.45. The largest absolute Gasteiger partial charge is 0.293 e. The SMILES string of the molecule is CC(=O)N1C(C)=Cc2ccccc2C1(C#N)C(C)C.